The van der Waals surface area contributed by atoms with Crippen LogP contribution in [0.2, 0.25) is 0 Å². The van der Waals surface area contributed by atoms with Crippen molar-refractivity contribution in [2.24, 2.45) is 11.5 Å². The van der Waals surface area contributed by atoms with Gasteiger partial charge in [-0.15, -0.1) is 0 Å². The second kappa shape index (κ2) is 6.18. The van der Waals surface area contributed by atoms with E-state index in [0.717, 1.165) is 45.7 Å². The molecule has 1 atom stereocenters. The van der Waals surface area contributed by atoms with E-state index in [9.17, 15) is 4.79 Å². The van der Waals surface area contributed by atoms with Crippen LogP contribution in [-0.4, -0.2) is 49.2 Å². The van der Waals surface area contributed by atoms with Crippen LogP contribution in [0.3, 0.4) is 0 Å². The number of carbonyl (C=O) groups is 1. The van der Waals surface area contributed by atoms with Crippen LogP contribution in [0.25, 0.3) is 0 Å². The van der Waals surface area contributed by atoms with Crippen molar-refractivity contribution in [3.8, 4) is 0 Å². The molecule has 1 saturated heterocycles. The summed E-state index contributed by atoms with van der Waals surface area (Å²) >= 11 is 0. The average molecular weight is 229 g/mol. The van der Waals surface area contributed by atoms with Gasteiger partial charge in [0.2, 0.25) is 5.91 Å². The van der Waals surface area contributed by atoms with E-state index in [-0.39, 0.29) is 0 Å². The molecular weight excluding hydrogens is 206 g/mol. The number of primary amides is 1. The van der Waals surface area contributed by atoms with Gasteiger partial charge < -0.3 is 21.1 Å². The van der Waals surface area contributed by atoms with Gasteiger partial charge >= 0.3 is 0 Å². The Morgan fingerprint density at radius 2 is 2.19 bits per heavy atom. The number of hydrogen-bond acceptors (Lipinski definition) is 4. The molecule has 0 saturated carbocycles. The summed E-state index contributed by atoms with van der Waals surface area (Å²) < 4.78 is 5.37. The Labute approximate surface area is 97.1 Å². The molecule has 1 unspecified atom stereocenters. The Kier molecular flexibility index (Phi) is 5.18. The number of nitrogens with two attached hydrogens (primary N) is 2. The van der Waals surface area contributed by atoms with Crippen molar-refractivity contribution < 1.29 is 9.53 Å². The number of carbonyl (C=O) groups excluding carboxylic acids is 1. The van der Waals surface area contributed by atoms with E-state index < -0.39 is 11.4 Å². The van der Waals surface area contributed by atoms with Gasteiger partial charge in [-0.3, -0.25) is 4.79 Å². The summed E-state index contributed by atoms with van der Waals surface area (Å²) in [6, 6.07) is 0. The lowest BCUT2D eigenvalue weighted by Crippen LogP contribution is -2.49. The minimum atomic E-state index is -0.873. The van der Waals surface area contributed by atoms with Crippen LogP contribution in [0.4, 0.5) is 0 Å². The van der Waals surface area contributed by atoms with Crippen LogP contribution in [0.15, 0.2) is 0 Å². The van der Waals surface area contributed by atoms with Crippen molar-refractivity contribution in [3.63, 3.8) is 0 Å². The molecule has 0 aromatic carbocycles. The molecule has 16 heavy (non-hydrogen) atoms. The molecule has 5 heteroatoms. The summed E-state index contributed by atoms with van der Waals surface area (Å²) in [6.07, 6.45) is 2.62. The van der Waals surface area contributed by atoms with E-state index in [1.54, 1.807) is 6.92 Å². The first-order chi connectivity index (χ1) is 7.52. The standard InChI is InChI=1S/C11H23N3O2/c1-11(13,10(12)15)4-2-5-14-6-3-8-16-9-7-14/h2-9,13H2,1H3,(H2,12,15). The van der Waals surface area contributed by atoms with Gasteiger partial charge in [0.1, 0.15) is 0 Å². The lowest BCUT2D eigenvalue weighted by molar-refractivity contribution is -0.122. The maximum absolute atomic E-state index is 11.0. The average Bonchev–Trinajstić information content (AvgIpc) is 2.46. The van der Waals surface area contributed by atoms with Gasteiger partial charge in [0.15, 0.2) is 0 Å². The van der Waals surface area contributed by atoms with E-state index >= 15 is 0 Å². The Hall–Kier alpha value is -0.650. The topological polar surface area (TPSA) is 81.6 Å². The second-order valence-electron chi connectivity index (χ2n) is 4.69. The number of ether oxygens (including phenoxy) is 1. The zero-order valence-corrected chi connectivity index (χ0v) is 10.1. The molecule has 1 heterocycles. The van der Waals surface area contributed by atoms with Crippen molar-refractivity contribution in [2.45, 2.75) is 31.7 Å². The third-order valence-corrected chi connectivity index (χ3v) is 3.05. The summed E-state index contributed by atoms with van der Waals surface area (Å²) in [5.41, 5.74) is 10.1. The smallest absolute Gasteiger partial charge is 0.237 e. The van der Waals surface area contributed by atoms with Crippen LogP contribution < -0.4 is 11.5 Å². The Balaban J connectivity index is 2.21. The molecule has 1 aliphatic rings. The summed E-state index contributed by atoms with van der Waals surface area (Å²) in [4.78, 5) is 13.4. The van der Waals surface area contributed by atoms with E-state index in [2.05, 4.69) is 4.90 Å². The minimum absolute atomic E-state index is 0.424. The second-order valence-corrected chi connectivity index (χ2v) is 4.69. The summed E-state index contributed by atoms with van der Waals surface area (Å²) in [6.45, 7) is 6.35. The van der Waals surface area contributed by atoms with E-state index in [1.165, 1.54) is 0 Å². The van der Waals surface area contributed by atoms with E-state index in [1.807, 2.05) is 0 Å². The van der Waals surface area contributed by atoms with E-state index in [0.29, 0.717) is 6.42 Å². The Bertz CT molecular complexity index is 223. The molecule has 1 amide bonds. The van der Waals surface area contributed by atoms with Gasteiger partial charge in [0.25, 0.3) is 0 Å². The number of rotatable bonds is 5. The van der Waals surface area contributed by atoms with Crippen LogP contribution in [-0.2, 0) is 9.53 Å². The fraction of sp³-hybridized carbons (Fsp3) is 0.909. The first-order valence-corrected chi connectivity index (χ1v) is 5.91. The highest BCUT2D eigenvalue weighted by molar-refractivity contribution is 5.83. The van der Waals surface area contributed by atoms with Gasteiger partial charge in [0, 0.05) is 19.7 Å². The summed E-state index contributed by atoms with van der Waals surface area (Å²) in [7, 11) is 0. The Morgan fingerprint density at radius 3 is 2.88 bits per heavy atom. The van der Waals surface area contributed by atoms with Crippen LogP contribution >= 0.6 is 0 Å². The van der Waals surface area contributed by atoms with Crippen molar-refractivity contribution >= 4 is 5.91 Å². The SMILES string of the molecule is CC(N)(CCCN1CCCOCC1)C(N)=O. The van der Waals surface area contributed by atoms with Crippen LogP contribution in [0.5, 0.6) is 0 Å². The lowest BCUT2D eigenvalue weighted by Gasteiger charge is -2.23. The van der Waals surface area contributed by atoms with Gasteiger partial charge in [-0.25, -0.2) is 0 Å². The maximum Gasteiger partial charge on any atom is 0.237 e. The monoisotopic (exact) mass is 229 g/mol. The molecule has 0 aromatic heterocycles. The molecule has 4 N–H and O–H groups in total. The highest BCUT2D eigenvalue weighted by Gasteiger charge is 2.25. The van der Waals surface area contributed by atoms with Gasteiger partial charge in [0.05, 0.1) is 12.1 Å². The number of hydrogen-bond donors (Lipinski definition) is 2. The molecule has 0 bridgehead atoms. The van der Waals surface area contributed by atoms with Crippen molar-refractivity contribution in [1.29, 1.82) is 0 Å². The molecule has 0 aliphatic carbocycles. The van der Waals surface area contributed by atoms with Crippen molar-refractivity contribution in [3.05, 3.63) is 0 Å². The normalized spacial score (nSPS) is 22.4. The van der Waals surface area contributed by atoms with Crippen LogP contribution in [0, 0.1) is 0 Å². The molecule has 1 fully saturated rings. The molecule has 0 spiro atoms. The zero-order valence-electron chi connectivity index (χ0n) is 10.1. The third kappa shape index (κ3) is 4.47. The predicted octanol–water partition coefficient (Wildman–Crippen LogP) is -0.308. The summed E-state index contributed by atoms with van der Waals surface area (Å²) in [5, 5.41) is 0. The molecule has 0 radical (unpaired) electrons. The predicted molar refractivity (Wildman–Crippen MR) is 62.9 cm³/mol. The zero-order chi connectivity index (χ0) is 12.0. The molecule has 5 nitrogen and oxygen atoms in total. The fourth-order valence-corrected chi connectivity index (χ4v) is 1.81. The van der Waals surface area contributed by atoms with Crippen molar-refractivity contribution in [2.75, 3.05) is 32.8 Å². The number of amides is 1. The van der Waals surface area contributed by atoms with Gasteiger partial charge in [-0.2, -0.15) is 0 Å². The maximum atomic E-state index is 11.0. The van der Waals surface area contributed by atoms with Gasteiger partial charge in [-0.1, -0.05) is 0 Å². The molecule has 1 rings (SSSR count). The molecule has 1 aliphatic heterocycles. The first-order valence-electron chi connectivity index (χ1n) is 5.91. The van der Waals surface area contributed by atoms with Gasteiger partial charge in [-0.05, 0) is 32.7 Å². The Morgan fingerprint density at radius 1 is 1.44 bits per heavy atom. The first kappa shape index (κ1) is 13.4. The minimum Gasteiger partial charge on any atom is -0.380 e. The lowest BCUT2D eigenvalue weighted by atomic mass is 9.96. The van der Waals surface area contributed by atoms with E-state index in [4.69, 9.17) is 16.2 Å². The molecule has 0 aromatic rings. The highest BCUT2D eigenvalue weighted by Crippen LogP contribution is 2.09. The molecular formula is C11H23N3O2. The largest absolute Gasteiger partial charge is 0.380 e. The summed E-state index contributed by atoms with van der Waals surface area (Å²) in [5.74, 6) is -0.424. The quantitative estimate of drug-likeness (QED) is 0.677. The van der Waals surface area contributed by atoms with Crippen LogP contribution in [0.1, 0.15) is 26.2 Å². The fourth-order valence-electron chi connectivity index (χ4n) is 1.81. The molecule has 94 valence electrons. The number of nitrogens with zero attached hydrogens (tertiary/aromatic N) is 1. The highest BCUT2D eigenvalue weighted by atomic mass is 16.5. The van der Waals surface area contributed by atoms with Crippen molar-refractivity contribution in [1.82, 2.24) is 4.90 Å². The third-order valence-electron chi connectivity index (χ3n) is 3.05.